The zero-order valence-corrected chi connectivity index (χ0v) is 5.17. The lowest BCUT2D eigenvalue weighted by atomic mass is 10.2. The lowest BCUT2D eigenvalue weighted by Gasteiger charge is -2.05. The summed E-state index contributed by atoms with van der Waals surface area (Å²) in [5, 5.41) is 0. The summed E-state index contributed by atoms with van der Waals surface area (Å²) in [4.78, 5) is 12.9. The maximum Gasteiger partial charge on any atom is 0.324 e. The lowest BCUT2D eigenvalue weighted by molar-refractivity contribution is -0.139. The third kappa shape index (κ3) is 0.645. The average Bonchev–Trinajstić information content (AvgIpc) is 2.35. The first-order valence-corrected chi connectivity index (χ1v) is 3.28. The van der Waals surface area contributed by atoms with Gasteiger partial charge in [0.25, 0.3) is 0 Å². The molecule has 2 rings (SSSR count). The van der Waals surface area contributed by atoms with E-state index in [1.807, 2.05) is 0 Å². The molecule has 0 saturated carbocycles. The number of esters is 1. The summed E-state index contributed by atoms with van der Waals surface area (Å²) < 4.78 is 4.81. The number of fused-ring (bicyclic) bond motifs is 1. The highest BCUT2D eigenvalue weighted by Crippen LogP contribution is 2.22. The number of carbonyl (C=O) groups excluding carboxylic acids is 1. The molecule has 0 spiro atoms. The number of cyclic esters (lactones) is 1. The van der Waals surface area contributed by atoms with E-state index in [4.69, 9.17) is 4.74 Å². The third-order valence-corrected chi connectivity index (χ3v) is 2.01. The zero-order valence-electron chi connectivity index (χ0n) is 5.17. The van der Waals surface area contributed by atoms with Crippen molar-refractivity contribution in [3.05, 3.63) is 0 Å². The summed E-state index contributed by atoms with van der Waals surface area (Å²) in [7, 11) is 0. The van der Waals surface area contributed by atoms with Crippen LogP contribution in [-0.4, -0.2) is 30.2 Å². The van der Waals surface area contributed by atoms with Gasteiger partial charge in [-0.25, -0.2) is 0 Å². The van der Waals surface area contributed by atoms with E-state index < -0.39 is 0 Å². The highest BCUT2D eigenvalue weighted by atomic mass is 16.6. The normalized spacial score (nSPS) is 34.7. The van der Waals surface area contributed by atoms with E-state index in [0.717, 1.165) is 19.4 Å². The van der Waals surface area contributed by atoms with Crippen molar-refractivity contribution < 1.29 is 9.53 Å². The third-order valence-electron chi connectivity index (χ3n) is 2.01. The Morgan fingerprint density at radius 2 is 2.56 bits per heavy atom. The van der Waals surface area contributed by atoms with Gasteiger partial charge >= 0.3 is 5.97 Å². The molecule has 3 nitrogen and oxygen atoms in total. The van der Waals surface area contributed by atoms with Crippen molar-refractivity contribution >= 4 is 5.97 Å². The molecule has 2 aliphatic heterocycles. The maximum atomic E-state index is 10.8. The SMILES string of the molecule is O=C1OCN2CCCC12. The van der Waals surface area contributed by atoms with Crippen LogP contribution in [0.25, 0.3) is 0 Å². The first-order chi connectivity index (χ1) is 4.38. The van der Waals surface area contributed by atoms with Crippen LogP contribution in [0, 0.1) is 0 Å². The van der Waals surface area contributed by atoms with Crippen LogP contribution in [0.3, 0.4) is 0 Å². The van der Waals surface area contributed by atoms with Gasteiger partial charge in [-0.2, -0.15) is 0 Å². The Labute approximate surface area is 53.6 Å². The molecule has 0 radical (unpaired) electrons. The van der Waals surface area contributed by atoms with Crippen molar-refractivity contribution in [3.8, 4) is 0 Å². The summed E-state index contributed by atoms with van der Waals surface area (Å²) in [6.07, 6.45) is 2.15. The molecule has 0 aromatic rings. The van der Waals surface area contributed by atoms with Crippen molar-refractivity contribution in [1.29, 1.82) is 0 Å². The molecule has 0 aromatic carbocycles. The fourth-order valence-corrected chi connectivity index (χ4v) is 1.49. The second kappa shape index (κ2) is 1.70. The molecule has 1 atom stereocenters. The molecule has 0 amide bonds. The van der Waals surface area contributed by atoms with Gasteiger partial charge in [-0.15, -0.1) is 0 Å². The monoisotopic (exact) mass is 127 g/mol. The Bertz CT molecular complexity index is 146. The highest BCUT2D eigenvalue weighted by Gasteiger charge is 2.37. The largest absolute Gasteiger partial charge is 0.448 e. The molecule has 2 saturated heterocycles. The highest BCUT2D eigenvalue weighted by molar-refractivity contribution is 5.77. The molecule has 2 heterocycles. The lowest BCUT2D eigenvalue weighted by Crippen LogP contribution is -2.25. The average molecular weight is 127 g/mol. The second-order valence-electron chi connectivity index (χ2n) is 2.56. The van der Waals surface area contributed by atoms with Gasteiger partial charge in [-0.3, -0.25) is 9.69 Å². The Morgan fingerprint density at radius 3 is 3.33 bits per heavy atom. The Hall–Kier alpha value is -0.570. The fourth-order valence-electron chi connectivity index (χ4n) is 1.49. The molecule has 2 aliphatic rings. The molecule has 9 heavy (non-hydrogen) atoms. The topological polar surface area (TPSA) is 29.5 Å². The van der Waals surface area contributed by atoms with Gasteiger partial charge in [0, 0.05) is 6.54 Å². The van der Waals surface area contributed by atoms with Crippen LogP contribution in [0.4, 0.5) is 0 Å². The van der Waals surface area contributed by atoms with Gasteiger partial charge in [-0.05, 0) is 12.8 Å². The molecule has 3 heteroatoms. The van der Waals surface area contributed by atoms with Crippen LogP contribution in [-0.2, 0) is 9.53 Å². The van der Waals surface area contributed by atoms with Crippen molar-refractivity contribution in [1.82, 2.24) is 4.90 Å². The Balaban J connectivity index is 2.15. The van der Waals surface area contributed by atoms with Crippen molar-refractivity contribution in [2.45, 2.75) is 18.9 Å². The van der Waals surface area contributed by atoms with Crippen molar-refractivity contribution in [2.75, 3.05) is 13.3 Å². The van der Waals surface area contributed by atoms with Crippen molar-refractivity contribution in [2.24, 2.45) is 0 Å². The van der Waals surface area contributed by atoms with Crippen LogP contribution in [0.5, 0.6) is 0 Å². The number of hydrogen-bond acceptors (Lipinski definition) is 3. The van der Waals surface area contributed by atoms with E-state index in [-0.39, 0.29) is 12.0 Å². The van der Waals surface area contributed by atoms with Gasteiger partial charge < -0.3 is 4.74 Å². The van der Waals surface area contributed by atoms with E-state index in [1.165, 1.54) is 0 Å². The fraction of sp³-hybridized carbons (Fsp3) is 0.833. The van der Waals surface area contributed by atoms with Crippen LogP contribution in [0.2, 0.25) is 0 Å². The van der Waals surface area contributed by atoms with E-state index in [2.05, 4.69) is 4.90 Å². The van der Waals surface area contributed by atoms with Crippen molar-refractivity contribution in [3.63, 3.8) is 0 Å². The van der Waals surface area contributed by atoms with Gasteiger partial charge in [0.15, 0.2) is 0 Å². The van der Waals surface area contributed by atoms with Crippen LogP contribution in [0.1, 0.15) is 12.8 Å². The number of ether oxygens (including phenoxy) is 1. The first-order valence-electron chi connectivity index (χ1n) is 3.28. The first kappa shape index (κ1) is 5.23. The second-order valence-corrected chi connectivity index (χ2v) is 2.56. The molecule has 50 valence electrons. The zero-order chi connectivity index (χ0) is 6.27. The number of carbonyl (C=O) groups is 1. The van der Waals surface area contributed by atoms with Gasteiger partial charge in [0.05, 0.1) is 0 Å². The van der Waals surface area contributed by atoms with Crippen LogP contribution >= 0.6 is 0 Å². The molecular formula is C6H9NO2. The summed E-state index contributed by atoms with van der Waals surface area (Å²) in [5.74, 6) is -0.0208. The molecule has 2 fully saturated rings. The summed E-state index contributed by atoms with van der Waals surface area (Å²) in [5.41, 5.74) is 0. The summed E-state index contributed by atoms with van der Waals surface area (Å²) in [6.45, 7) is 1.57. The number of hydrogen-bond donors (Lipinski definition) is 0. The summed E-state index contributed by atoms with van der Waals surface area (Å²) in [6, 6.07) is 0.116. The molecule has 0 aromatic heterocycles. The van der Waals surface area contributed by atoms with Crippen LogP contribution in [0.15, 0.2) is 0 Å². The predicted octanol–water partition coefficient (Wildman–Crippen LogP) is -0.0349. The standard InChI is InChI=1S/C6H9NO2/c8-6-5-2-1-3-7(5)4-9-6/h5H,1-4H2. The summed E-state index contributed by atoms with van der Waals surface area (Å²) >= 11 is 0. The minimum Gasteiger partial charge on any atom is -0.448 e. The van der Waals surface area contributed by atoms with E-state index in [9.17, 15) is 4.79 Å². The minimum atomic E-state index is -0.0208. The predicted molar refractivity (Wildman–Crippen MR) is 30.7 cm³/mol. The van der Waals surface area contributed by atoms with Gasteiger partial charge in [-0.1, -0.05) is 0 Å². The Morgan fingerprint density at radius 1 is 1.67 bits per heavy atom. The van der Waals surface area contributed by atoms with E-state index in [0.29, 0.717) is 6.73 Å². The molecule has 0 aliphatic carbocycles. The molecular weight excluding hydrogens is 118 g/mol. The van der Waals surface area contributed by atoms with Crippen LogP contribution < -0.4 is 0 Å². The quantitative estimate of drug-likeness (QED) is 0.428. The number of rotatable bonds is 0. The maximum absolute atomic E-state index is 10.8. The van der Waals surface area contributed by atoms with E-state index >= 15 is 0 Å². The van der Waals surface area contributed by atoms with Gasteiger partial charge in [0.1, 0.15) is 12.8 Å². The minimum absolute atomic E-state index is 0.0208. The van der Waals surface area contributed by atoms with Gasteiger partial charge in [0.2, 0.25) is 0 Å². The van der Waals surface area contributed by atoms with E-state index in [1.54, 1.807) is 0 Å². The molecule has 0 bridgehead atoms. The smallest absolute Gasteiger partial charge is 0.324 e. The molecule has 0 N–H and O–H groups in total. The Kier molecular flexibility index (Phi) is 0.990. The molecule has 1 unspecified atom stereocenters. The number of nitrogens with zero attached hydrogens (tertiary/aromatic N) is 1.